The molecule has 9 heteroatoms. The zero-order valence-electron chi connectivity index (χ0n) is 21.6. The molecule has 0 spiro atoms. The summed E-state index contributed by atoms with van der Waals surface area (Å²) in [6, 6.07) is 14.6. The van der Waals surface area contributed by atoms with Crippen LogP contribution in [-0.2, 0) is 23.2 Å². The van der Waals surface area contributed by atoms with Crippen molar-refractivity contribution in [3.63, 3.8) is 0 Å². The largest absolute Gasteiger partial charge is 0.497 e. The number of carboxylic acid groups (broad SMARTS) is 1. The second-order valence-corrected chi connectivity index (χ2v) is 9.41. The molecule has 9 nitrogen and oxygen atoms in total. The van der Waals surface area contributed by atoms with Crippen molar-refractivity contribution in [2.45, 2.75) is 39.2 Å². The van der Waals surface area contributed by atoms with Crippen LogP contribution in [0.4, 0.5) is 5.69 Å². The van der Waals surface area contributed by atoms with Gasteiger partial charge in [-0.25, -0.2) is 4.68 Å². The third kappa shape index (κ3) is 5.12. The van der Waals surface area contributed by atoms with Crippen LogP contribution in [0.15, 0.2) is 53.3 Å². The predicted molar refractivity (Wildman–Crippen MR) is 140 cm³/mol. The van der Waals surface area contributed by atoms with Crippen molar-refractivity contribution in [2.24, 2.45) is 18.9 Å². The molecule has 1 aromatic heterocycles. The van der Waals surface area contributed by atoms with Gasteiger partial charge in [-0.3, -0.25) is 19.1 Å². The van der Waals surface area contributed by atoms with Gasteiger partial charge >= 0.3 is 5.97 Å². The number of nitrogens with zero attached hydrogens (tertiary/aromatic N) is 3. The average Bonchev–Trinajstić information content (AvgIpc) is 3.14. The van der Waals surface area contributed by atoms with E-state index in [1.807, 2.05) is 43.3 Å². The number of rotatable bonds is 8. The fraction of sp³-hybridized carbons (Fsp3) is 0.393. The Labute approximate surface area is 215 Å². The molecule has 1 unspecified atom stereocenters. The average molecular weight is 508 g/mol. The van der Waals surface area contributed by atoms with Crippen molar-refractivity contribution in [3.05, 3.63) is 70.1 Å². The fourth-order valence-corrected chi connectivity index (χ4v) is 5.14. The van der Waals surface area contributed by atoms with Crippen LogP contribution in [0.3, 0.4) is 0 Å². The molecule has 2 atom stereocenters. The molecule has 2 aromatic carbocycles. The number of carbonyl (C=O) groups is 2. The van der Waals surface area contributed by atoms with Gasteiger partial charge in [-0.05, 0) is 50.5 Å². The van der Waals surface area contributed by atoms with Crippen LogP contribution in [0.5, 0.6) is 11.5 Å². The van der Waals surface area contributed by atoms with Gasteiger partial charge in [-0.1, -0.05) is 24.6 Å². The summed E-state index contributed by atoms with van der Waals surface area (Å²) in [4.78, 5) is 41.1. The first-order valence-corrected chi connectivity index (χ1v) is 12.4. The second-order valence-electron chi connectivity index (χ2n) is 9.41. The molecule has 0 saturated heterocycles. The zero-order chi connectivity index (χ0) is 26.7. The number of aliphatic carboxylic acids is 1. The highest BCUT2D eigenvalue weighted by Crippen LogP contribution is 2.34. The molecule has 0 bridgehead atoms. The molecule has 37 heavy (non-hydrogen) atoms. The lowest BCUT2D eigenvalue weighted by Crippen LogP contribution is -2.41. The summed E-state index contributed by atoms with van der Waals surface area (Å²) in [5.74, 6) is -1.07. The minimum Gasteiger partial charge on any atom is -0.497 e. The first kappa shape index (κ1) is 26.1. The number of carboxylic acids is 1. The van der Waals surface area contributed by atoms with E-state index in [1.165, 1.54) is 9.58 Å². The van der Waals surface area contributed by atoms with E-state index < -0.39 is 17.8 Å². The zero-order valence-corrected chi connectivity index (χ0v) is 21.6. The van der Waals surface area contributed by atoms with Gasteiger partial charge in [0, 0.05) is 24.6 Å². The number of ether oxygens (including phenoxy) is 2. The summed E-state index contributed by atoms with van der Waals surface area (Å²) in [5, 5.41) is 9.59. The van der Waals surface area contributed by atoms with Gasteiger partial charge in [0.1, 0.15) is 17.2 Å². The van der Waals surface area contributed by atoms with Gasteiger partial charge in [0.25, 0.3) is 5.56 Å². The molecule has 1 N–H and O–H groups in total. The highest BCUT2D eigenvalue weighted by molar-refractivity contribution is 5.96. The number of amides is 1. The minimum atomic E-state index is -0.886. The number of benzene rings is 2. The summed E-state index contributed by atoms with van der Waals surface area (Å²) < 4.78 is 14.2. The summed E-state index contributed by atoms with van der Waals surface area (Å²) in [5.41, 5.74) is 1.96. The van der Waals surface area contributed by atoms with Gasteiger partial charge < -0.3 is 19.5 Å². The molecule has 0 radical (unpaired) electrons. The lowest BCUT2D eigenvalue weighted by Gasteiger charge is -2.31. The molecule has 4 rings (SSSR count). The molecule has 1 saturated carbocycles. The number of hydrogen-bond donors (Lipinski definition) is 1. The molecular formula is C28H33N3O6. The van der Waals surface area contributed by atoms with Crippen molar-refractivity contribution in [2.75, 3.05) is 19.1 Å². The molecule has 3 aromatic rings. The Balaban J connectivity index is 1.82. The first-order valence-electron chi connectivity index (χ1n) is 12.4. The third-order valence-electron chi connectivity index (χ3n) is 7.26. The number of anilines is 1. The molecule has 196 valence electrons. The van der Waals surface area contributed by atoms with Crippen molar-refractivity contribution >= 4 is 17.6 Å². The van der Waals surface area contributed by atoms with E-state index in [0.29, 0.717) is 47.7 Å². The van der Waals surface area contributed by atoms with E-state index in [9.17, 15) is 19.5 Å². The minimum absolute atomic E-state index is 0.0924. The van der Waals surface area contributed by atoms with E-state index in [1.54, 1.807) is 38.1 Å². The van der Waals surface area contributed by atoms with Gasteiger partial charge in [0.05, 0.1) is 38.1 Å². The van der Waals surface area contributed by atoms with E-state index in [4.69, 9.17) is 9.47 Å². The summed E-state index contributed by atoms with van der Waals surface area (Å²) in [7, 11) is 4.88. The highest BCUT2D eigenvalue weighted by Gasteiger charge is 2.36. The van der Waals surface area contributed by atoms with Gasteiger partial charge in [-0.15, -0.1) is 0 Å². The van der Waals surface area contributed by atoms with Crippen LogP contribution in [0.25, 0.3) is 5.69 Å². The van der Waals surface area contributed by atoms with Crippen LogP contribution in [0.1, 0.15) is 36.9 Å². The van der Waals surface area contributed by atoms with Crippen molar-refractivity contribution < 1.29 is 24.2 Å². The molecule has 1 fully saturated rings. The Morgan fingerprint density at radius 1 is 1.05 bits per heavy atom. The second kappa shape index (κ2) is 10.9. The molecule has 1 aliphatic rings. The van der Waals surface area contributed by atoms with Crippen LogP contribution in [-0.4, -0.2) is 40.6 Å². The molecule has 1 amide bonds. The lowest BCUT2D eigenvalue weighted by molar-refractivity contribution is -0.143. The van der Waals surface area contributed by atoms with Crippen molar-refractivity contribution in [1.82, 2.24) is 9.36 Å². The van der Waals surface area contributed by atoms with Gasteiger partial charge in [-0.2, -0.15) is 0 Å². The van der Waals surface area contributed by atoms with Crippen LogP contribution < -0.4 is 19.9 Å². The van der Waals surface area contributed by atoms with E-state index in [-0.39, 0.29) is 30.1 Å². The Kier molecular flexibility index (Phi) is 7.71. The van der Waals surface area contributed by atoms with E-state index in [2.05, 4.69) is 0 Å². The quantitative estimate of drug-likeness (QED) is 0.496. The predicted octanol–water partition coefficient (Wildman–Crippen LogP) is 3.93. The number of carbonyl (C=O) groups excluding carboxylic acids is 1. The maximum atomic E-state index is 14.1. The number of aromatic nitrogens is 2. The monoisotopic (exact) mass is 507 g/mol. The Bertz CT molecular complexity index is 1340. The van der Waals surface area contributed by atoms with E-state index >= 15 is 0 Å². The molecule has 1 aliphatic carbocycles. The normalized spacial score (nSPS) is 17.3. The van der Waals surface area contributed by atoms with Gasteiger partial charge in [0.15, 0.2) is 0 Å². The maximum absolute atomic E-state index is 14.1. The van der Waals surface area contributed by atoms with Crippen molar-refractivity contribution in [1.29, 1.82) is 0 Å². The maximum Gasteiger partial charge on any atom is 0.306 e. The summed E-state index contributed by atoms with van der Waals surface area (Å²) in [6.07, 6.45) is 2.03. The Morgan fingerprint density at radius 3 is 2.41 bits per heavy atom. The summed E-state index contributed by atoms with van der Waals surface area (Å²) in [6.45, 7) is 1.90. The van der Waals surface area contributed by atoms with Gasteiger partial charge in [0.2, 0.25) is 5.91 Å². The Hall–Kier alpha value is -4.01. The standard InChI is InChI=1S/C28H33N3O6/c1-18-25(27(33)31(29(18)2)22-11-6-5-7-12-22)30(17-21-13-14-23(36-3)16-24(21)37-4)26(32)19-9-8-10-20(15-19)28(34)35/h5-7,11-14,16,19-20H,8-10,15,17H2,1-4H3,(H,34,35)/t19-,20?/m1/s1. The SMILES string of the molecule is COc1ccc(CN(C(=O)[C@@H]2CCCC(C(=O)O)C2)c2c(C)n(C)n(-c3ccccc3)c2=O)c(OC)c1. The van der Waals surface area contributed by atoms with Crippen LogP contribution >= 0.6 is 0 Å². The van der Waals surface area contributed by atoms with Crippen LogP contribution in [0, 0.1) is 18.8 Å². The molecule has 0 aliphatic heterocycles. The fourth-order valence-electron chi connectivity index (χ4n) is 5.14. The molecule has 1 heterocycles. The number of para-hydroxylation sites is 1. The van der Waals surface area contributed by atoms with Crippen LogP contribution in [0.2, 0.25) is 0 Å². The van der Waals surface area contributed by atoms with Crippen molar-refractivity contribution in [3.8, 4) is 17.2 Å². The smallest absolute Gasteiger partial charge is 0.306 e. The first-order chi connectivity index (χ1) is 17.8. The number of methoxy groups -OCH3 is 2. The Morgan fingerprint density at radius 2 is 1.76 bits per heavy atom. The topological polar surface area (TPSA) is 103 Å². The third-order valence-corrected chi connectivity index (χ3v) is 7.26. The highest BCUT2D eigenvalue weighted by atomic mass is 16.5. The molecular weight excluding hydrogens is 474 g/mol. The number of hydrogen-bond acceptors (Lipinski definition) is 5. The van der Waals surface area contributed by atoms with E-state index in [0.717, 1.165) is 0 Å². The lowest BCUT2D eigenvalue weighted by atomic mass is 9.80. The summed E-state index contributed by atoms with van der Waals surface area (Å²) >= 11 is 0.